The van der Waals surface area contributed by atoms with Crippen molar-refractivity contribution in [1.82, 2.24) is 9.78 Å². The van der Waals surface area contributed by atoms with E-state index >= 15 is 0 Å². The van der Waals surface area contributed by atoms with Gasteiger partial charge in [-0.2, -0.15) is 5.10 Å². The van der Waals surface area contributed by atoms with E-state index in [0.717, 1.165) is 42.1 Å². The van der Waals surface area contributed by atoms with Gasteiger partial charge in [-0.25, -0.2) is 0 Å². The van der Waals surface area contributed by atoms with Crippen LogP contribution in [0.3, 0.4) is 0 Å². The van der Waals surface area contributed by atoms with E-state index in [2.05, 4.69) is 29.7 Å². The van der Waals surface area contributed by atoms with Crippen LogP contribution in [0.4, 0.5) is 0 Å². The summed E-state index contributed by atoms with van der Waals surface area (Å²) < 4.78 is 12.7. The van der Waals surface area contributed by atoms with Crippen LogP contribution in [-0.4, -0.2) is 24.0 Å². The maximum Gasteiger partial charge on any atom is 0.161 e. The van der Waals surface area contributed by atoms with Crippen molar-refractivity contribution in [1.29, 1.82) is 0 Å². The third-order valence-electron chi connectivity index (χ3n) is 3.42. The number of methoxy groups -OCH3 is 2. The molecule has 2 aromatic rings. The average Bonchev–Trinajstić information content (AvgIpc) is 2.89. The quantitative estimate of drug-likeness (QED) is 0.812. The Morgan fingerprint density at radius 2 is 1.75 bits per heavy atom. The highest BCUT2D eigenvalue weighted by Gasteiger charge is 2.08. The van der Waals surface area contributed by atoms with E-state index < -0.39 is 0 Å². The molecule has 0 spiro atoms. The largest absolute Gasteiger partial charge is 0.493 e. The van der Waals surface area contributed by atoms with Crippen molar-refractivity contribution < 1.29 is 9.47 Å². The monoisotopic (exact) mass is 274 g/mol. The molecule has 0 N–H and O–H groups in total. The van der Waals surface area contributed by atoms with Gasteiger partial charge < -0.3 is 9.47 Å². The zero-order valence-electron chi connectivity index (χ0n) is 12.6. The summed E-state index contributed by atoms with van der Waals surface area (Å²) in [7, 11) is 3.30. The molecule has 0 aliphatic carbocycles. The van der Waals surface area contributed by atoms with Crippen LogP contribution in [0.25, 0.3) is 0 Å². The zero-order chi connectivity index (χ0) is 14.5. The average molecular weight is 274 g/mol. The molecule has 4 heteroatoms. The summed E-state index contributed by atoms with van der Waals surface area (Å²) in [5.74, 6) is 1.51. The van der Waals surface area contributed by atoms with E-state index in [4.69, 9.17) is 9.47 Å². The van der Waals surface area contributed by atoms with Gasteiger partial charge in [0.25, 0.3) is 0 Å². The first-order chi connectivity index (χ1) is 9.71. The fraction of sp³-hybridized carbons (Fsp3) is 0.438. The van der Waals surface area contributed by atoms with E-state index in [1.54, 1.807) is 14.2 Å². The van der Waals surface area contributed by atoms with Crippen LogP contribution in [0.2, 0.25) is 0 Å². The van der Waals surface area contributed by atoms with Crippen LogP contribution in [0.5, 0.6) is 11.5 Å². The lowest BCUT2D eigenvalue weighted by molar-refractivity contribution is 0.354. The van der Waals surface area contributed by atoms with E-state index in [0.29, 0.717) is 0 Å². The highest BCUT2D eigenvalue weighted by atomic mass is 16.5. The minimum Gasteiger partial charge on any atom is -0.493 e. The molecular formula is C16H22N2O2. The minimum atomic E-state index is 0.752. The molecule has 20 heavy (non-hydrogen) atoms. The number of rotatable bonds is 6. The van der Waals surface area contributed by atoms with Crippen molar-refractivity contribution in [2.75, 3.05) is 14.2 Å². The van der Waals surface area contributed by atoms with E-state index in [1.165, 1.54) is 5.69 Å². The first kappa shape index (κ1) is 14.4. The molecule has 1 heterocycles. The molecule has 2 rings (SSSR count). The SMILES string of the molecule is CCc1cc(CC)n(Cc2ccc(OC)c(OC)c2)n1. The molecule has 1 aromatic carbocycles. The van der Waals surface area contributed by atoms with Crippen LogP contribution in [0.1, 0.15) is 30.8 Å². The molecule has 0 radical (unpaired) electrons. The summed E-state index contributed by atoms with van der Waals surface area (Å²) in [6, 6.07) is 8.17. The number of hydrogen-bond donors (Lipinski definition) is 0. The molecule has 0 saturated heterocycles. The summed E-state index contributed by atoms with van der Waals surface area (Å²) in [6.45, 7) is 5.04. The summed E-state index contributed by atoms with van der Waals surface area (Å²) in [5, 5.41) is 4.64. The lowest BCUT2D eigenvalue weighted by atomic mass is 10.2. The molecule has 0 aliphatic heterocycles. The van der Waals surface area contributed by atoms with Gasteiger partial charge in [0.2, 0.25) is 0 Å². The highest BCUT2D eigenvalue weighted by Crippen LogP contribution is 2.28. The van der Waals surface area contributed by atoms with Gasteiger partial charge in [-0.3, -0.25) is 4.68 Å². The molecule has 0 unspecified atom stereocenters. The third-order valence-corrected chi connectivity index (χ3v) is 3.42. The van der Waals surface area contributed by atoms with Crippen molar-refractivity contribution in [3.05, 3.63) is 41.2 Å². The summed E-state index contributed by atoms with van der Waals surface area (Å²) >= 11 is 0. The Bertz CT molecular complexity index is 576. The van der Waals surface area contributed by atoms with Crippen molar-refractivity contribution in [3.8, 4) is 11.5 Å². The number of aryl methyl sites for hydroxylation is 2. The first-order valence-corrected chi connectivity index (χ1v) is 6.98. The van der Waals surface area contributed by atoms with Crippen molar-refractivity contribution in [3.63, 3.8) is 0 Å². The summed E-state index contributed by atoms with van der Waals surface area (Å²) in [4.78, 5) is 0. The van der Waals surface area contributed by atoms with Gasteiger partial charge in [-0.1, -0.05) is 19.9 Å². The number of nitrogens with zero attached hydrogens (tertiary/aromatic N) is 2. The van der Waals surface area contributed by atoms with Crippen LogP contribution in [0.15, 0.2) is 24.3 Å². The number of aromatic nitrogens is 2. The molecule has 108 valence electrons. The summed E-state index contributed by atoms with van der Waals surface area (Å²) in [6.07, 6.45) is 1.95. The highest BCUT2D eigenvalue weighted by molar-refractivity contribution is 5.43. The van der Waals surface area contributed by atoms with Crippen LogP contribution >= 0.6 is 0 Å². The fourth-order valence-corrected chi connectivity index (χ4v) is 2.26. The normalized spacial score (nSPS) is 10.6. The molecule has 4 nitrogen and oxygen atoms in total. The maximum absolute atomic E-state index is 5.34. The lowest BCUT2D eigenvalue weighted by Gasteiger charge is -2.11. The Hall–Kier alpha value is -1.97. The number of ether oxygens (including phenoxy) is 2. The van der Waals surface area contributed by atoms with Gasteiger partial charge in [0, 0.05) is 5.69 Å². The van der Waals surface area contributed by atoms with E-state index in [9.17, 15) is 0 Å². The summed E-state index contributed by atoms with van der Waals surface area (Å²) in [5.41, 5.74) is 3.56. The topological polar surface area (TPSA) is 36.3 Å². The predicted octanol–water partition coefficient (Wildman–Crippen LogP) is 3.07. The number of hydrogen-bond acceptors (Lipinski definition) is 3. The fourth-order valence-electron chi connectivity index (χ4n) is 2.26. The van der Waals surface area contributed by atoms with Crippen LogP contribution in [0, 0.1) is 0 Å². The second-order valence-corrected chi connectivity index (χ2v) is 4.68. The maximum atomic E-state index is 5.34. The molecule has 0 amide bonds. The predicted molar refractivity (Wildman–Crippen MR) is 79.6 cm³/mol. The molecule has 0 aliphatic rings. The van der Waals surface area contributed by atoms with E-state index in [1.807, 2.05) is 18.2 Å². The van der Waals surface area contributed by atoms with Gasteiger partial charge in [0.1, 0.15) is 0 Å². The molecule has 0 saturated carbocycles. The smallest absolute Gasteiger partial charge is 0.161 e. The Labute approximate surface area is 120 Å². The third kappa shape index (κ3) is 2.95. The van der Waals surface area contributed by atoms with Gasteiger partial charge in [0.15, 0.2) is 11.5 Å². The molecule has 0 fully saturated rings. The molecule has 1 aromatic heterocycles. The first-order valence-electron chi connectivity index (χ1n) is 6.98. The van der Waals surface area contributed by atoms with Gasteiger partial charge in [-0.05, 0) is 36.6 Å². The zero-order valence-corrected chi connectivity index (χ0v) is 12.6. The molecule has 0 atom stereocenters. The van der Waals surface area contributed by atoms with Crippen molar-refractivity contribution >= 4 is 0 Å². The van der Waals surface area contributed by atoms with Crippen LogP contribution in [-0.2, 0) is 19.4 Å². The number of benzene rings is 1. The van der Waals surface area contributed by atoms with Crippen molar-refractivity contribution in [2.24, 2.45) is 0 Å². The van der Waals surface area contributed by atoms with Gasteiger partial charge >= 0.3 is 0 Å². The second-order valence-electron chi connectivity index (χ2n) is 4.68. The standard InChI is InChI=1S/C16H22N2O2/c1-5-13-10-14(6-2)18(17-13)11-12-7-8-15(19-3)16(9-12)20-4/h7-10H,5-6,11H2,1-4H3. The Morgan fingerprint density at radius 3 is 2.35 bits per heavy atom. The van der Waals surface area contributed by atoms with Gasteiger partial charge in [-0.15, -0.1) is 0 Å². The second kappa shape index (κ2) is 6.46. The Morgan fingerprint density at radius 1 is 1.00 bits per heavy atom. The molecule has 0 bridgehead atoms. The van der Waals surface area contributed by atoms with Crippen LogP contribution < -0.4 is 9.47 Å². The minimum absolute atomic E-state index is 0.752. The Kier molecular flexibility index (Phi) is 4.66. The van der Waals surface area contributed by atoms with Crippen molar-refractivity contribution in [2.45, 2.75) is 33.2 Å². The molecular weight excluding hydrogens is 252 g/mol. The van der Waals surface area contributed by atoms with Gasteiger partial charge in [0.05, 0.1) is 26.5 Å². The Balaban J connectivity index is 2.27. The lowest BCUT2D eigenvalue weighted by Crippen LogP contribution is -2.06. The van der Waals surface area contributed by atoms with E-state index in [-0.39, 0.29) is 0 Å².